The maximum absolute atomic E-state index is 6.18. The van der Waals surface area contributed by atoms with E-state index in [0.29, 0.717) is 30.1 Å². The first-order valence-corrected chi connectivity index (χ1v) is 9.26. The highest BCUT2D eigenvalue weighted by Gasteiger charge is 2.26. The monoisotopic (exact) mass is 485 g/mol. The third-order valence-electron chi connectivity index (χ3n) is 2.18. The summed E-state index contributed by atoms with van der Waals surface area (Å²) in [6, 6.07) is 7.14. The minimum Gasteiger partial charge on any atom is -0.0826 e. The van der Waals surface area contributed by atoms with E-state index in [-0.39, 0.29) is 0 Å². The van der Waals surface area contributed by atoms with Crippen LogP contribution in [0.1, 0.15) is 0 Å². The highest BCUT2D eigenvalue weighted by molar-refractivity contribution is 6.48. The van der Waals surface area contributed by atoms with Gasteiger partial charge in [0.25, 0.3) is 0 Å². The molecule has 0 aliphatic rings. The zero-order chi connectivity index (χ0) is 14.2. The van der Waals surface area contributed by atoms with Gasteiger partial charge in [-0.3, -0.25) is 0 Å². The topological polar surface area (TPSA) is 0 Å². The fraction of sp³-hybridized carbons (Fsp3) is 0. The number of benzene rings is 2. The first-order chi connectivity index (χ1) is 8.91. The van der Waals surface area contributed by atoms with Crippen LogP contribution >= 0.6 is 69.6 Å². The molecule has 0 radical (unpaired) electrons. The standard InChI is InChI=1S/C12H4Cl6I/c13-5-1-3-7(11(17)9(5)15)19-8-4-2-6(14)10(16)12(8)18/h1-4H/q+1. The van der Waals surface area contributed by atoms with Crippen molar-refractivity contribution in [2.24, 2.45) is 0 Å². The van der Waals surface area contributed by atoms with E-state index in [0.717, 1.165) is 7.14 Å². The van der Waals surface area contributed by atoms with Gasteiger partial charge < -0.3 is 0 Å². The Morgan fingerprint density at radius 1 is 0.526 bits per heavy atom. The second-order valence-corrected chi connectivity index (χ2v) is 8.60. The molecule has 2 aromatic rings. The van der Waals surface area contributed by atoms with Crippen LogP contribution in [0.3, 0.4) is 0 Å². The molecule has 0 fully saturated rings. The molecule has 0 saturated heterocycles. The molecular formula is C12H4Cl6I+. The molecule has 0 bridgehead atoms. The van der Waals surface area contributed by atoms with Crippen molar-refractivity contribution in [3.63, 3.8) is 0 Å². The Labute approximate surface area is 151 Å². The SMILES string of the molecule is Clc1ccc([I+]c2ccc(Cl)c(Cl)c2Cl)c(Cl)c1Cl. The van der Waals surface area contributed by atoms with Gasteiger partial charge in [0.1, 0.15) is 10.0 Å². The summed E-state index contributed by atoms with van der Waals surface area (Å²) in [5.41, 5.74) is 0. The van der Waals surface area contributed by atoms with Crippen molar-refractivity contribution < 1.29 is 21.2 Å². The molecule has 0 heterocycles. The second-order valence-electron chi connectivity index (χ2n) is 3.41. The molecule has 0 unspecified atom stereocenters. The van der Waals surface area contributed by atoms with Crippen LogP contribution in [0, 0.1) is 7.14 Å². The molecule has 0 saturated carbocycles. The number of hydrogen-bond donors (Lipinski definition) is 0. The molecular weight excluding hydrogens is 484 g/mol. The van der Waals surface area contributed by atoms with Crippen LogP contribution in [0.15, 0.2) is 24.3 Å². The first-order valence-electron chi connectivity index (χ1n) is 4.83. The van der Waals surface area contributed by atoms with E-state index in [1.807, 2.05) is 12.1 Å². The Balaban J connectivity index is 2.43. The Hall–Kier alpha value is 0.910. The van der Waals surface area contributed by atoms with Crippen LogP contribution in [0.25, 0.3) is 0 Å². The number of rotatable bonds is 2. The lowest BCUT2D eigenvalue weighted by Crippen LogP contribution is -3.61. The summed E-state index contributed by atoms with van der Waals surface area (Å²) in [6.45, 7) is 0. The molecule has 100 valence electrons. The van der Waals surface area contributed by atoms with Crippen LogP contribution in [-0.4, -0.2) is 0 Å². The third-order valence-corrected chi connectivity index (χ3v) is 8.36. The lowest BCUT2D eigenvalue weighted by Gasteiger charge is -2.00. The van der Waals surface area contributed by atoms with Crippen LogP contribution < -0.4 is 21.2 Å². The summed E-state index contributed by atoms with van der Waals surface area (Å²) in [4.78, 5) is 0. The van der Waals surface area contributed by atoms with Crippen molar-refractivity contribution in [3.8, 4) is 0 Å². The lowest BCUT2D eigenvalue weighted by molar-refractivity contribution is -0.597. The van der Waals surface area contributed by atoms with Crippen LogP contribution in [-0.2, 0) is 0 Å². The molecule has 19 heavy (non-hydrogen) atoms. The summed E-state index contributed by atoms with van der Waals surface area (Å²) in [7, 11) is 0. The van der Waals surface area contributed by atoms with Gasteiger partial charge in [-0.05, 0) is 24.3 Å². The highest BCUT2D eigenvalue weighted by Crippen LogP contribution is 2.30. The van der Waals surface area contributed by atoms with E-state index < -0.39 is 21.2 Å². The molecule has 7 heteroatoms. The molecule has 0 aliphatic heterocycles. The average molecular weight is 488 g/mol. The van der Waals surface area contributed by atoms with Gasteiger partial charge in [0.2, 0.25) is 7.14 Å². The smallest absolute Gasteiger partial charge is 0.0826 e. The van der Waals surface area contributed by atoms with Crippen molar-refractivity contribution in [2.45, 2.75) is 0 Å². The van der Waals surface area contributed by atoms with Gasteiger partial charge in [-0.1, -0.05) is 69.6 Å². The Morgan fingerprint density at radius 2 is 0.895 bits per heavy atom. The quantitative estimate of drug-likeness (QED) is 0.344. The minimum absolute atomic E-state index is 0.358. The van der Waals surface area contributed by atoms with Crippen molar-refractivity contribution >= 4 is 69.6 Å². The summed E-state index contributed by atoms with van der Waals surface area (Å²) in [6.07, 6.45) is 0. The number of halogens is 7. The highest BCUT2D eigenvalue weighted by atomic mass is 127. The zero-order valence-electron chi connectivity index (χ0n) is 8.96. The molecule has 2 rings (SSSR count). The van der Waals surface area contributed by atoms with E-state index in [1.54, 1.807) is 12.1 Å². The molecule has 0 amide bonds. The fourth-order valence-electron chi connectivity index (χ4n) is 1.26. The minimum atomic E-state index is -0.624. The van der Waals surface area contributed by atoms with Gasteiger partial charge in [-0.2, -0.15) is 0 Å². The largest absolute Gasteiger partial charge is 0.361 e. The number of hydrogen-bond acceptors (Lipinski definition) is 0. The lowest BCUT2D eigenvalue weighted by atomic mass is 10.4. The van der Waals surface area contributed by atoms with Gasteiger partial charge >= 0.3 is 21.2 Å². The summed E-state index contributed by atoms with van der Waals surface area (Å²) < 4.78 is 1.85. The van der Waals surface area contributed by atoms with E-state index in [2.05, 4.69) is 0 Å². The van der Waals surface area contributed by atoms with Gasteiger partial charge in [-0.25, -0.2) is 0 Å². The van der Waals surface area contributed by atoms with E-state index in [1.165, 1.54) is 0 Å². The molecule has 0 aliphatic carbocycles. The van der Waals surface area contributed by atoms with Crippen molar-refractivity contribution in [1.82, 2.24) is 0 Å². The van der Waals surface area contributed by atoms with Gasteiger partial charge in [0.05, 0.1) is 20.1 Å². The van der Waals surface area contributed by atoms with Crippen molar-refractivity contribution in [3.05, 3.63) is 61.5 Å². The van der Waals surface area contributed by atoms with Gasteiger partial charge in [0.15, 0.2) is 0 Å². The molecule has 0 aromatic heterocycles. The Bertz CT molecular complexity index is 585. The molecule has 0 atom stereocenters. The molecule has 0 nitrogen and oxygen atoms in total. The van der Waals surface area contributed by atoms with Gasteiger partial charge in [-0.15, -0.1) is 0 Å². The average Bonchev–Trinajstić information content (AvgIpc) is 2.39. The van der Waals surface area contributed by atoms with E-state index in [4.69, 9.17) is 69.6 Å². The van der Waals surface area contributed by atoms with Crippen LogP contribution in [0.5, 0.6) is 0 Å². The molecule has 0 spiro atoms. The predicted octanol–water partition coefficient (Wildman–Crippen LogP) is 3.74. The summed E-state index contributed by atoms with van der Waals surface area (Å²) >= 11 is 35.6. The summed E-state index contributed by atoms with van der Waals surface area (Å²) in [5.74, 6) is 0. The van der Waals surface area contributed by atoms with Gasteiger partial charge in [0, 0.05) is 0 Å². The fourth-order valence-corrected chi connectivity index (χ4v) is 5.49. The van der Waals surface area contributed by atoms with Crippen molar-refractivity contribution in [1.29, 1.82) is 0 Å². The van der Waals surface area contributed by atoms with Crippen molar-refractivity contribution in [2.75, 3.05) is 0 Å². The van der Waals surface area contributed by atoms with Crippen LogP contribution in [0.4, 0.5) is 0 Å². The van der Waals surface area contributed by atoms with Crippen LogP contribution in [0.2, 0.25) is 30.1 Å². The zero-order valence-corrected chi connectivity index (χ0v) is 15.6. The first kappa shape index (κ1) is 16.3. The predicted molar refractivity (Wildman–Crippen MR) is 80.3 cm³/mol. The third kappa shape index (κ3) is 3.57. The van der Waals surface area contributed by atoms with E-state index >= 15 is 0 Å². The Morgan fingerprint density at radius 3 is 1.26 bits per heavy atom. The Kier molecular flexibility index (Phi) is 5.81. The normalized spacial score (nSPS) is 10.8. The molecule has 0 N–H and O–H groups in total. The maximum atomic E-state index is 6.18. The maximum Gasteiger partial charge on any atom is 0.361 e. The molecule has 2 aromatic carbocycles. The summed E-state index contributed by atoms with van der Waals surface area (Å²) in [5, 5.41) is 2.50. The van der Waals surface area contributed by atoms with E-state index in [9.17, 15) is 0 Å². The second kappa shape index (κ2) is 6.78.